The third kappa shape index (κ3) is 4.35. The van der Waals surface area contributed by atoms with Gasteiger partial charge >= 0.3 is 11.8 Å². The average Bonchev–Trinajstić information content (AvgIpc) is 3.12. The van der Waals surface area contributed by atoms with Crippen LogP contribution in [0.1, 0.15) is 31.2 Å². The maximum Gasteiger partial charge on any atom is 0.309 e. The molecular weight excluding hydrogens is 344 g/mol. The molecule has 2 atom stereocenters. The molecule has 0 saturated heterocycles. The summed E-state index contributed by atoms with van der Waals surface area (Å²) < 4.78 is 5.65. The summed E-state index contributed by atoms with van der Waals surface area (Å²) in [6, 6.07) is 18.1. The molecule has 27 heavy (non-hydrogen) atoms. The molecule has 1 aromatic heterocycles. The van der Waals surface area contributed by atoms with Gasteiger partial charge in [-0.15, -0.1) is 0 Å². The first-order valence-electron chi connectivity index (χ1n) is 8.72. The van der Waals surface area contributed by atoms with Crippen molar-refractivity contribution in [3.05, 3.63) is 72.0 Å². The fraction of sp³-hybridized carbons (Fsp3) is 0.238. The molecule has 0 unspecified atom stereocenters. The molecule has 1 heterocycles. The molecule has 0 spiro atoms. The predicted molar refractivity (Wildman–Crippen MR) is 102 cm³/mol. The summed E-state index contributed by atoms with van der Waals surface area (Å²) in [5.41, 5.74) is 0.0986. The van der Waals surface area contributed by atoms with Crippen LogP contribution in [0, 0.1) is 0 Å². The zero-order valence-electron chi connectivity index (χ0n) is 15.2. The van der Waals surface area contributed by atoms with E-state index in [1.807, 2.05) is 48.5 Å². The Hall–Kier alpha value is -3.12. The Morgan fingerprint density at radius 2 is 1.74 bits per heavy atom. The van der Waals surface area contributed by atoms with Crippen LogP contribution in [-0.2, 0) is 15.2 Å². The van der Waals surface area contributed by atoms with E-state index in [2.05, 4.69) is 10.6 Å². The van der Waals surface area contributed by atoms with Gasteiger partial charge in [-0.3, -0.25) is 9.59 Å². The first-order valence-corrected chi connectivity index (χ1v) is 8.72. The van der Waals surface area contributed by atoms with Gasteiger partial charge in [0.2, 0.25) is 0 Å². The van der Waals surface area contributed by atoms with E-state index in [1.54, 1.807) is 19.1 Å². The number of carbonyl (C=O) groups excluding carboxylic acids is 2. The lowest BCUT2D eigenvalue weighted by Crippen LogP contribution is -2.45. The number of furan rings is 1. The number of hydrogen-bond donors (Lipinski definition) is 3. The van der Waals surface area contributed by atoms with Crippen molar-refractivity contribution in [1.29, 1.82) is 0 Å². The Labute approximate surface area is 157 Å². The highest BCUT2D eigenvalue weighted by Crippen LogP contribution is 2.27. The average molecular weight is 366 g/mol. The van der Waals surface area contributed by atoms with Gasteiger partial charge in [0.05, 0.1) is 12.6 Å². The van der Waals surface area contributed by atoms with Gasteiger partial charge in [0.15, 0.2) is 0 Å². The summed E-state index contributed by atoms with van der Waals surface area (Å²) in [5.74, 6) is -1.25. The van der Waals surface area contributed by atoms with Crippen LogP contribution in [0.4, 0.5) is 0 Å². The quantitative estimate of drug-likeness (QED) is 0.606. The number of benzene rings is 2. The molecular formula is C21H22N2O4. The minimum atomic E-state index is -1.44. The molecule has 6 heteroatoms. The van der Waals surface area contributed by atoms with Gasteiger partial charge in [-0.05, 0) is 31.5 Å². The van der Waals surface area contributed by atoms with E-state index < -0.39 is 17.4 Å². The predicted octanol–water partition coefficient (Wildman–Crippen LogP) is 2.63. The number of hydrogen-bond acceptors (Lipinski definition) is 4. The number of nitrogens with one attached hydrogen (secondary N) is 2. The largest absolute Gasteiger partial charge is 0.458 e. The molecule has 3 N–H and O–H groups in total. The number of para-hydroxylation sites is 1. The second-order valence-corrected chi connectivity index (χ2v) is 6.71. The van der Waals surface area contributed by atoms with E-state index in [-0.39, 0.29) is 12.6 Å². The van der Waals surface area contributed by atoms with Crippen LogP contribution in [0.3, 0.4) is 0 Å². The van der Waals surface area contributed by atoms with E-state index in [4.69, 9.17) is 4.42 Å². The summed E-state index contributed by atoms with van der Waals surface area (Å²) in [6.07, 6.45) is 0. The van der Waals surface area contributed by atoms with E-state index in [0.29, 0.717) is 11.3 Å². The first-order chi connectivity index (χ1) is 12.9. The third-order valence-corrected chi connectivity index (χ3v) is 4.40. The smallest absolute Gasteiger partial charge is 0.309 e. The van der Waals surface area contributed by atoms with Gasteiger partial charge in [0.1, 0.15) is 16.9 Å². The standard InChI is InChI=1S/C21H22N2O4/c1-14(15-8-4-3-5-9-15)23-20(25)19(24)22-13-21(2,26)18-12-16-10-6-7-11-17(16)27-18/h3-12,14,26H,13H2,1-2H3,(H,22,24)(H,23,25)/t14-,21+/m0/s1. The van der Waals surface area contributed by atoms with Gasteiger partial charge in [-0.25, -0.2) is 0 Å². The second kappa shape index (κ2) is 7.63. The van der Waals surface area contributed by atoms with Crippen molar-refractivity contribution in [2.75, 3.05) is 6.54 Å². The van der Waals surface area contributed by atoms with Crippen molar-refractivity contribution in [2.45, 2.75) is 25.5 Å². The molecule has 2 aromatic carbocycles. The Morgan fingerprint density at radius 1 is 1.07 bits per heavy atom. The van der Waals surface area contributed by atoms with Gasteiger partial charge in [0, 0.05) is 5.39 Å². The van der Waals surface area contributed by atoms with Gasteiger partial charge in [-0.2, -0.15) is 0 Å². The number of amides is 2. The van der Waals surface area contributed by atoms with Crippen molar-refractivity contribution in [3.8, 4) is 0 Å². The second-order valence-electron chi connectivity index (χ2n) is 6.71. The Morgan fingerprint density at radius 3 is 2.44 bits per heavy atom. The maximum absolute atomic E-state index is 12.1. The van der Waals surface area contributed by atoms with Crippen molar-refractivity contribution in [1.82, 2.24) is 10.6 Å². The Bertz CT molecular complexity index is 914. The van der Waals surface area contributed by atoms with E-state index in [0.717, 1.165) is 10.9 Å². The Kier molecular flexibility index (Phi) is 5.28. The van der Waals surface area contributed by atoms with Gasteiger partial charge in [-0.1, -0.05) is 48.5 Å². The van der Waals surface area contributed by atoms with Gasteiger partial charge in [0.25, 0.3) is 0 Å². The fourth-order valence-electron chi connectivity index (χ4n) is 2.75. The summed E-state index contributed by atoms with van der Waals surface area (Å²) in [4.78, 5) is 24.2. The SMILES string of the molecule is C[C@H](NC(=O)C(=O)NC[C@@](C)(O)c1cc2ccccc2o1)c1ccccc1. The van der Waals surface area contributed by atoms with Crippen molar-refractivity contribution in [3.63, 3.8) is 0 Å². The highest BCUT2D eigenvalue weighted by atomic mass is 16.4. The Balaban J connectivity index is 1.59. The van der Waals surface area contributed by atoms with Crippen LogP contribution >= 0.6 is 0 Å². The lowest BCUT2D eigenvalue weighted by atomic mass is 10.0. The number of carbonyl (C=O) groups is 2. The van der Waals surface area contributed by atoms with E-state index >= 15 is 0 Å². The maximum atomic E-state index is 12.1. The molecule has 0 bridgehead atoms. The van der Waals surface area contributed by atoms with Crippen LogP contribution in [0.25, 0.3) is 11.0 Å². The van der Waals surface area contributed by atoms with Crippen molar-refractivity contribution < 1.29 is 19.1 Å². The third-order valence-electron chi connectivity index (χ3n) is 4.40. The molecule has 0 radical (unpaired) electrons. The molecule has 0 aliphatic carbocycles. The summed E-state index contributed by atoms with van der Waals surface area (Å²) in [5, 5.41) is 16.6. The number of rotatable bonds is 5. The lowest BCUT2D eigenvalue weighted by Gasteiger charge is -2.21. The van der Waals surface area contributed by atoms with Crippen LogP contribution in [0.5, 0.6) is 0 Å². The molecule has 2 amide bonds. The minimum absolute atomic E-state index is 0.154. The zero-order valence-corrected chi connectivity index (χ0v) is 15.2. The highest BCUT2D eigenvalue weighted by Gasteiger charge is 2.29. The summed E-state index contributed by atoms with van der Waals surface area (Å²) in [7, 11) is 0. The molecule has 0 saturated carbocycles. The summed E-state index contributed by atoms with van der Waals surface area (Å²) in [6.45, 7) is 3.17. The fourth-order valence-corrected chi connectivity index (χ4v) is 2.75. The zero-order chi connectivity index (χ0) is 19.4. The van der Waals surface area contributed by atoms with Gasteiger partial charge < -0.3 is 20.2 Å². The van der Waals surface area contributed by atoms with Crippen LogP contribution in [0.2, 0.25) is 0 Å². The molecule has 3 rings (SSSR count). The van der Waals surface area contributed by atoms with Crippen LogP contribution < -0.4 is 10.6 Å². The topological polar surface area (TPSA) is 91.6 Å². The number of fused-ring (bicyclic) bond motifs is 1. The minimum Gasteiger partial charge on any atom is -0.458 e. The molecule has 140 valence electrons. The van der Waals surface area contributed by atoms with Crippen LogP contribution in [-0.4, -0.2) is 23.5 Å². The molecule has 6 nitrogen and oxygen atoms in total. The molecule has 3 aromatic rings. The lowest BCUT2D eigenvalue weighted by molar-refractivity contribution is -0.140. The highest BCUT2D eigenvalue weighted by molar-refractivity contribution is 6.35. The summed E-state index contributed by atoms with van der Waals surface area (Å²) >= 11 is 0. The first kappa shape index (κ1) is 18.7. The van der Waals surface area contributed by atoms with E-state index in [1.165, 1.54) is 6.92 Å². The van der Waals surface area contributed by atoms with Crippen molar-refractivity contribution >= 4 is 22.8 Å². The van der Waals surface area contributed by atoms with Crippen molar-refractivity contribution in [2.24, 2.45) is 0 Å². The molecule has 0 aliphatic heterocycles. The van der Waals surface area contributed by atoms with Crippen LogP contribution in [0.15, 0.2) is 65.1 Å². The van der Waals surface area contributed by atoms with E-state index in [9.17, 15) is 14.7 Å². The molecule has 0 fully saturated rings. The normalized spacial score (nSPS) is 14.3. The number of aliphatic hydroxyl groups is 1. The monoisotopic (exact) mass is 366 g/mol. The molecule has 0 aliphatic rings.